The van der Waals surface area contributed by atoms with E-state index in [2.05, 4.69) is 0 Å². The Balaban J connectivity index is 2.62. The summed E-state index contributed by atoms with van der Waals surface area (Å²) in [7, 11) is -0.972. The molecule has 94 valence electrons. The molecule has 0 heterocycles. The minimum Gasteiger partial charge on any atom is -0.303 e. The van der Waals surface area contributed by atoms with Crippen LogP contribution in [0.1, 0.15) is 26.3 Å². The van der Waals surface area contributed by atoms with Gasteiger partial charge in [-0.15, -0.1) is 0 Å². The van der Waals surface area contributed by atoms with Gasteiger partial charge in [-0.25, -0.2) is 0 Å². The Hall–Kier alpha value is -0.960. The molecule has 1 rings (SSSR count). The summed E-state index contributed by atoms with van der Waals surface area (Å²) in [6.45, 7) is 5.81. The Bertz CT molecular complexity index is 379. The van der Waals surface area contributed by atoms with Crippen LogP contribution < -0.4 is 0 Å². The first-order chi connectivity index (χ1) is 7.93. The first kappa shape index (κ1) is 14.1. The fraction of sp³-hybridized carbons (Fsp3) is 0.500. The summed E-state index contributed by atoms with van der Waals surface area (Å²) in [4.78, 5) is 11.0. The summed E-state index contributed by atoms with van der Waals surface area (Å²) in [5.74, 6) is 0.291. The van der Waals surface area contributed by atoms with Crippen molar-refractivity contribution in [2.45, 2.75) is 31.9 Å². The van der Waals surface area contributed by atoms with E-state index in [4.69, 9.17) is 0 Å². The van der Waals surface area contributed by atoms with Crippen molar-refractivity contribution in [3.63, 3.8) is 0 Å². The number of rotatable bonds is 5. The Morgan fingerprint density at radius 3 is 2.29 bits per heavy atom. The molecule has 17 heavy (non-hydrogen) atoms. The van der Waals surface area contributed by atoms with Gasteiger partial charge in [-0.1, -0.05) is 30.3 Å². The van der Waals surface area contributed by atoms with Gasteiger partial charge in [-0.2, -0.15) is 0 Å². The highest BCUT2D eigenvalue weighted by molar-refractivity contribution is 7.86. The zero-order valence-electron chi connectivity index (χ0n) is 10.7. The van der Waals surface area contributed by atoms with Crippen LogP contribution in [0.4, 0.5) is 0 Å². The van der Waals surface area contributed by atoms with Crippen LogP contribution in [0.3, 0.4) is 0 Å². The molecule has 0 N–H and O–H groups in total. The number of aldehydes is 1. The predicted molar refractivity (Wildman–Crippen MR) is 72.5 cm³/mol. The minimum absolute atomic E-state index is 0.155. The van der Waals surface area contributed by atoms with Crippen molar-refractivity contribution in [3.8, 4) is 0 Å². The molecule has 0 spiro atoms. The molecular weight excluding hydrogens is 232 g/mol. The van der Waals surface area contributed by atoms with Gasteiger partial charge in [0.15, 0.2) is 0 Å². The van der Waals surface area contributed by atoms with Gasteiger partial charge in [0.2, 0.25) is 0 Å². The van der Waals surface area contributed by atoms with Crippen LogP contribution in [0.25, 0.3) is 0 Å². The van der Waals surface area contributed by atoms with E-state index in [1.807, 2.05) is 51.1 Å². The standard InChI is InChI=1S/C14H20O2S/c1-14(2,3)17(16)11-13(10-15)9-12-7-5-4-6-8-12/h4-8,10,13H,9,11H2,1-3H3. The van der Waals surface area contributed by atoms with E-state index in [1.165, 1.54) is 0 Å². The molecule has 0 aliphatic rings. The average molecular weight is 252 g/mol. The molecule has 0 radical (unpaired) electrons. The first-order valence-corrected chi connectivity index (χ1v) is 7.13. The van der Waals surface area contributed by atoms with Crippen LogP contribution >= 0.6 is 0 Å². The monoisotopic (exact) mass is 252 g/mol. The number of hydrogen-bond acceptors (Lipinski definition) is 2. The van der Waals surface area contributed by atoms with Crippen molar-refractivity contribution in [1.82, 2.24) is 0 Å². The van der Waals surface area contributed by atoms with Gasteiger partial charge in [0.25, 0.3) is 0 Å². The quantitative estimate of drug-likeness (QED) is 0.755. The van der Waals surface area contributed by atoms with Crippen LogP contribution in [-0.2, 0) is 22.0 Å². The minimum atomic E-state index is -0.972. The molecule has 0 aromatic heterocycles. The summed E-state index contributed by atoms with van der Waals surface area (Å²) < 4.78 is 11.7. The molecule has 0 saturated heterocycles. The lowest BCUT2D eigenvalue weighted by Crippen LogP contribution is -2.28. The Morgan fingerprint density at radius 2 is 1.82 bits per heavy atom. The SMILES string of the molecule is CC(C)(C)S(=O)CC(C=O)Cc1ccccc1. The molecule has 3 heteroatoms. The third kappa shape index (κ3) is 4.82. The molecule has 0 aliphatic heterocycles. The van der Waals surface area contributed by atoms with Crippen LogP contribution in [0.5, 0.6) is 0 Å². The molecular formula is C14H20O2S. The lowest BCUT2D eigenvalue weighted by atomic mass is 10.0. The lowest BCUT2D eigenvalue weighted by molar-refractivity contribution is -0.110. The number of carbonyl (C=O) groups is 1. The summed E-state index contributed by atoms with van der Waals surface area (Å²) >= 11 is 0. The van der Waals surface area contributed by atoms with Gasteiger partial charge in [-0.3, -0.25) is 4.21 Å². The zero-order valence-corrected chi connectivity index (χ0v) is 11.5. The first-order valence-electron chi connectivity index (χ1n) is 5.81. The van der Waals surface area contributed by atoms with Crippen molar-refractivity contribution in [2.75, 3.05) is 5.75 Å². The largest absolute Gasteiger partial charge is 0.303 e. The topological polar surface area (TPSA) is 34.1 Å². The maximum atomic E-state index is 12.0. The molecule has 0 fully saturated rings. The van der Waals surface area contributed by atoms with E-state index in [0.717, 1.165) is 11.8 Å². The average Bonchev–Trinajstić information content (AvgIpc) is 2.28. The second-order valence-corrected chi connectivity index (χ2v) is 7.46. The number of carbonyl (C=O) groups excluding carboxylic acids is 1. The molecule has 1 aromatic carbocycles. The molecule has 0 amide bonds. The fourth-order valence-corrected chi connectivity index (χ4v) is 2.59. The van der Waals surface area contributed by atoms with Crippen LogP contribution in [0, 0.1) is 5.92 Å². The second-order valence-electron chi connectivity index (χ2n) is 5.21. The summed E-state index contributed by atoms with van der Waals surface area (Å²) in [6, 6.07) is 9.86. The van der Waals surface area contributed by atoms with E-state index in [9.17, 15) is 9.00 Å². The summed E-state index contributed by atoms with van der Waals surface area (Å²) in [5, 5.41) is 0. The van der Waals surface area contributed by atoms with Crippen LogP contribution in [0.15, 0.2) is 30.3 Å². The van der Waals surface area contributed by atoms with E-state index in [0.29, 0.717) is 12.2 Å². The highest BCUT2D eigenvalue weighted by Crippen LogP contribution is 2.16. The highest BCUT2D eigenvalue weighted by Gasteiger charge is 2.23. The summed E-state index contributed by atoms with van der Waals surface area (Å²) in [5.41, 5.74) is 1.12. The van der Waals surface area contributed by atoms with Crippen molar-refractivity contribution < 1.29 is 9.00 Å². The Kier molecular flexibility index (Phi) is 5.06. The molecule has 2 atom stereocenters. The zero-order chi connectivity index (χ0) is 12.9. The van der Waals surface area contributed by atoms with E-state index >= 15 is 0 Å². The maximum Gasteiger partial charge on any atom is 0.124 e. The van der Waals surface area contributed by atoms with Gasteiger partial charge in [-0.05, 0) is 32.8 Å². The normalized spacial score (nSPS) is 15.2. The molecule has 0 saturated carbocycles. The van der Waals surface area contributed by atoms with E-state index in [-0.39, 0.29) is 10.7 Å². The third-order valence-corrected chi connectivity index (χ3v) is 4.68. The molecule has 1 aromatic rings. The van der Waals surface area contributed by atoms with Gasteiger partial charge in [0.1, 0.15) is 6.29 Å². The van der Waals surface area contributed by atoms with Crippen molar-refractivity contribution >= 4 is 17.1 Å². The van der Waals surface area contributed by atoms with Gasteiger partial charge < -0.3 is 4.79 Å². The fourth-order valence-electron chi connectivity index (χ4n) is 1.51. The number of benzene rings is 1. The molecule has 0 bridgehead atoms. The van der Waals surface area contributed by atoms with Crippen LogP contribution in [-0.4, -0.2) is 21.0 Å². The lowest BCUT2D eigenvalue weighted by Gasteiger charge is -2.20. The van der Waals surface area contributed by atoms with Gasteiger partial charge >= 0.3 is 0 Å². The summed E-state index contributed by atoms with van der Waals surface area (Å²) in [6.07, 6.45) is 1.60. The second kappa shape index (κ2) is 6.10. The third-order valence-electron chi connectivity index (χ3n) is 2.58. The Labute approximate surface area is 106 Å². The van der Waals surface area contributed by atoms with Crippen molar-refractivity contribution in [1.29, 1.82) is 0 Å². The molecule has 0 aliphatic carbocycles. The predicted octanol–water partition coefficient (Wildman–Crippen LogP) is 2.59. The van der Waals surface area contributed by atoms with Crippen molar-refractivity contribution in [3.05, 3.63) is 35.9 Å². The smallest absolute Gasteiger partial charge is 0.124 e. The van der Waals surface area contributed by atoms with Gasteiger partial charge in [0.05, 0.1) is 0 Å². The van der Waals surface area contributed by atoms with Crippen LogP contribution in [0.2, 0.25) is 0 Å². The molecule has 2 unspecified atom stereocenters. The maximum absolute atomic E-state index is 12.0. The van der Waals surface area contributed by atoms with Crippen molar-refractivity contribution in [2.24, 2.45) is 5.92 Å². The van der Waals surface area contributed by atoms with E-state index in [1.54, 1.807) is 0 Å². The Morgan fingerprint density at radius 1 is 1.24 bits per heavy atom. The van der Waals surface area contributed by atoms with E-state index < -0.39 is 10.8 Å². The number of hydrogen-bond donors (Lipinski definition) is 0. The molecule has 2 nitrogen and oxygen atoms in total. The highest BCUT2D eigenvalue weighted by atomic mass is 32.2. The van der Waals surface area contributed by atoms with Gasteiger partial charge in [0, 0.05) is 27.2 Å².